The van der Waals surface area contributed by atoms with Crippen molar-refractivity contribution >= 4 is 28.6 Å². The molecule has 0 spiro atoms. The van der Waals surface area contributed by atoms with Crippen LogP contribution in [0, 0.1) is 0 Å². The summed E-state index contributed by atoms with van der Waals surface area (Å²) in [6.45, 7) is 0. The van der Waals surface area contributed by atoms with Gasteiger partial charge in [0.25, 0.3) is 0 Å². The molecule has 0 bridgehead atoms. The third-order valence-electron chi connectivity index (χ3n) is 2.85. The Kier molecular flexibility index (Phi) is 2.21. The fourth-order valence-electron chi connectivity index (χ4n) is 1.86. The number of rotatable bonds is 1. The summed E-state index contributed by atoms with van der Waals surface area (Å²) >= 11 is 6.15. The molecule has 7 heteroatoms. The van der Waals surface area contributed by atoms with Crippen molar-refractivity contribution in [3.63, 3.8) is 0 Å². The van der Waals surface area contributed by atoms with E-state index in [0.717, 1.165) is 11.1 Å². The first-order chi connectivity index (χ1) is 8.56. The van der Waals surface area contributed by atoms with Crippen LogP contribution in [0.15, 0.2) is 23.0 Å². The monoisotopic (exact) mass is 263 g/mol. The van der Waals surface area contributed by atoms with E-state index in [1.807, 2.05) is 6.07 Å². The molecule has 0 radical (unpaired) electrons. The zero-order chi connectivity index (χ0) is 12.9. The zero-order valence-electron chi connectivity index (χ0n) is 9.49. The number of nitrogens with one attached hydrogen (secondary N) is 2. The molecular formula is C11H10ClN5O. The summed E-state index contributed by atoms with van der Waals surface area (Å²) in [5.41, 5.74) is 8.30. The van der Waals surface area contributed by atoms with E-state index in [-0.39, 0.29) is 5.69 Å². The van der Waals surface area contributed by atoms with Gasteiger partial charge in [0, 0.05) is 12.6 Å². The van der Waals surface area contributed by atoms with Gasteiger partial charge in [0.05, 0.1) is 11.0 Å². The van der Waals surface area contributed by atoms with Crippen LogP contribution in [0.5, 0.6) is 0 Å². The van der Waals surface area contributed by atoms with Crippen LogP contribution in [0.4, 0.5) is 5.95 Å². The Morgan fingerprint density at radius 2 is 2.06 bits per heavy atom. The number of aromatic nitrogens is 4. The molecule has 18 heavy (non-hydrogen) atoms. The summed E-state index contributed by atoms with van der Waals surface area (Å²) < 4.78 is 1.60. The normalized spacial score (nSPS) is 11.2. The van der Waals surface area contributed by atoms with Crippen LogP contribution in [-0.2, 0) is 7.05 Å². The van der Waals surface area contributed by atoms with Gasteiger partial charge in [0.1, 0.15) is 10.8 Å². The van der Waals surface area contributed by atoms with Gasteiger partial charge < -0.3 is 20.3 Å². The van der Waals surface area contributed by atoms with Gasteiger partial charge in [-0.2, -0.15) is 0 Å². The summed E-state index contributed by atoms with van der Waals surface area (Å²) in [6, 6.07) is 5.43. The number of nitrogens with two attached hydrogens (primary N) is 1. The second-order valence-corrected chi connectivity index (χ2v) is 4.37. The van der Waals surface area contributed by atoms with E-state index in [0.29, 0.717) is 22.3 Å². The number of H-pyrrole nitrogens is 2. The van der Waals surface area contributed by atoms with Crippen LogP contribution in [-0.4, -0.2) is 19.5 Å². The van der Waals surface area contributed by atoms with Gasteiger partial charge >= 0.3 is 5.69 Å². The molecule has 4 N–H and O–H groups in total. The average Bonchev–Trinajstić information content (AvgIpc) is 2.82. The lowest BCUT2D eigenvalue weighted by Crippen LogP contribution is -1.99. The molecular weight excluding hydrogens is 254 g/mol. The molecule has 0 amide bonds. The van der Waals surface area contributed by atoms with Crippen LogP contribution >= 0.6 is 11.6 Å². The Balaban J connectivity index is 2.24. The maximum absolute atomic E-state index is 11.2. The van der Waals surface area contributed by atoms with E-state index >= 15 is 0 Å². The third-order valence-corrected chi connectivity index (χ3v) is 3.28. The zero-order valence-corrected chi connectivity index (χ0v) is 10.2. The maximum Gasteiger partial charge on any atom is 0.323 e. The van der Waals surface area contributed by atoms with Crippen molar-refractivity contribution in [1.29, 1.82) is 0 Å². The van der Waals surface area contributed by atoms with Gasteiger partial charge in [0.15, 0.2) is 0 Å². The van der Waals surface area contributed by atoms with Gasteiger partial charge in [-0.25, -0.2) is 9.78 Å². The van der Waals surface area contributed by atoms with Crippen LogP contribution < -0.4 is 11.4 Å². The predicted octanol–water partition coefficient (Wildman–Crippen LogP) is 1.49. The average molecular weight is 264 g/mol. The van der Waals surface area contributed by atoms with E-state index in [1.165, 1.54) is 0 Å². The molecule has 3 rings (SSSR count). The number of imidazole rings is 2. The first-order valence-corrected chi connectivity index (χ1v) is 5.64. The van der Waals surface area contributed by atoms with E-state index in [4.69, 9.17) is 17.3 Å². The lowest BCUT2D eigenvalue weighted by molar-refractivity contribution is 0.931. The molecule has 2 heterocycles. The highest BCUT2D eigenvalue weighted by Gasteiger charge is 2.13. The van der Waals surface area contributed by atoms with Crippen LogP contribution in [0.1, 0.15) is 0 Å². The number of nitrogens with zero attached hydrogens (tertiary/aromatic N) is 2. The quantitative estimate of drug-likeness (QED) is 0.621. The Morgan fingerprint density at radius 1 is 1.33 bits per heavy atom. The second kappa shape index (κ2) is 3.64. The smallest absolute Gasteiger partial charge is 0.323 e. The molecule has 6 nitrogen and oxygen atoms in total. The minimum atomic E-state index is -0.242. The number of hydrogen-bond acceptors (Lipinski definition) is 3. The topological polar surface area (TPSA) is 92.5 Å². The first kappa shape index (κ1) is 10.9. The van der Waals surface area contributed by atoms with Crippen molar-refractivity contribution in [2.75, 3.05) is 5.73 Å². The summed E-state index contributed by atoms with van der Waals surface area (Å²) in [5, 5.41) is 0.463. The van der Waals surface area contributed by atoms with Crippen molar-refractivity contribution in [2.24, 2.45) is 7.05 Å². The predicted molar refractivity (Wildman–Crippen MR) is 70.5 cm³/mol. The van der Waals surface area contributed by atoms with Crippen molar-refractivity contribution < 1.29 is 0 Å². The molecule has 0 atom stereocenters. The first-order valence-electron chi connectivity index (χ1n) is 5.26. The molecule has 0 unspecified atom stereocenters. The summed E-state index contributed by atoms with van der Waals surface area (Å²) in [4.78, 5) is 20.7. The lowest BCUT2D eigenvalue weighted by Gasteiger charge is -1.98. The Hall–Kier alpha value is -2.21. The Labute approximate surface area is 106 Å². The van der Waals surface area contributed by atoms with Crippen LogP contribution in [0.25, 0.3) is 22.3 Å². The van der Waals surface area contributed by atoms with Crippen molar-refractivity contribution in [3.05, 3.63) is 33.8 Å². The molecule has 2 aromatic heterocycles. The molecule has 0 aliphatic rings. The van der Waals surface area contributed by atoms with Crippen molar-refractivity contribution in [2.45, 2.75) is 0 Å². The highest BCUT2D eigenvalue weighted by Crippen LogP contribution is 2.29. The SMILES string of the molecule is Cn1c(N)nc(-c2ccc3[nH]c(=O)[nH]c3c2)c1Cl. The molecule has 0 aliphatic carbocycles. The van der Waals surface area contributed by atoms with Gasteiger partial charge in [0.2, 0.25) is 5.95 Å². The number of hydrogen-bond donors (Lipinski definition) is 3. The highest BCUT2D eigenvalue weighted by atomic mass is 35.5. The molecule has 0 aliphatic heterocycles. The van der Waals surface area contributed by atoms with Crippen LogP contribution in [0.3, 0.4) is 0 Å². The molecule has 0 saturated carbocycles. The minimum absolute atomic E-state index is 0.242. The molecule has 3 aromatic rings. The van der Waals surface area contributed by atoms with Gasteiger partial charge in [-0.3, -0.25) is 0 Å². The number of fused-ring (bicyclic) bond motifs is 1. The largest absolute Gasteiger partial charge is 0.369 e. The van der Waals surface area contributed by atoms with Gasteiger partial charge in [-0.1, -0.05) is 17.7 Å². The Bertz CT molecular complexity index is 797. The van der Waals surface area contributed by atoms with E-state index in [1.54, 1.807) is 23.7 Å². The highest BCUT2D eigenvalue weighted by molar-refractivity contribution is 6.32. The fraction of sp³-hybridized carbons (Fsp3) is 0.0909. The number of anilines is 1. The van der Waals surface area contributed by atoms with Gasteiger partial charge in [-0.05, 0) is 12.1 Å². The number of aromatic amines is 2. The molecule has 92 valence electrons. The lowest BCUT2D eigenvalue weighted by atomic mass is 10.1. The number of nitrogen functional groups attached to an aromatic ring is 1. The molecule has 1 aromatic carbocycles. The standard InChI is InChI=1S/C11H10ClN5O/c1-17-9(12)8(16-10(17)13)5-2-3-6-7(4-5)15-11(18)14-6/h2-4H,1H3,(H2,13,16)(H2,14,15,18). The summed E-state index contributed by atoms with van der Waals surface area (Å²) in [6.07, 6.45) is 0. The minimum Gasteiger partial charge on any atom is -0.369 e. The fourth-order valence-corrected chi connectivity index (χ4v) is 2.10. The van der Waals surface area contributed by atoms with Crippen molar-refractivity contribution in [3.8, 4) is 11.3 Å². The maximum atomic E-state index is 11.2. The summed E-state index contributed by atoms with van der Waals surface area (Å²) in [7, 11) is 1.74. The second-order valence-electron chi connectivity index (χ2n) is 4.01. The molecule has 0 fully saturated rings. The number of halogens is 1. The Morgan fingerprint density at radius 3 is 2.72 bits per heavy atom. The van der Waals surface area contributed by atoms with Crippen LogP contribution in [0.2, 0.25) is 5.15 Å². The van der Waals surface area contributed by atoms with E-state index < -0.39 is 0 Å². The van der Waals surface area contributed by atoms with Crippen molar-refractivity contribution in [1.82, 2.24) is 19.5 Å². The van der Waals surface area contributed by atoms with Gasteiger partial charge in [-0.15, -0.1) is 0 Å². The summed E-state index contributed by atoms with van der Waals surface area (Å²) in [5.74, 6) is 0.345. The molecule has 0 saturated heterocycles. The van der Waals surface area contributed by atoms with E-state index in [9.17, 15) is 4.79 Å². The number of benzene rings is 1. The third kappa shape index (κ3) is 1.50. The van der Waals surface area contributed by atoms with E-state index in [2.05, 4.69) is 15.0 Å².